The number of hydrogen-bond donors (Lipinski definition) is 1. The van der Waals surface area contributed by atoms with Crippen LogP contribution in [0.25, 0.3) is 0 Å². The van der Waals surface area contributed by atoms with Gasteiger partial charge in [0, 0.05) is 24.0 Å². The topological polar surface area (TPSA) is 51.2 Å². The second kappa shape index (κ2) is 5.48. The van der Waals surface area contributed by atoms with Crippen LogP contribution < -0.4 is 5.32 Å². The van der Waals surface area contributed by atoms with Crippen molar-refractivity contribution in [2.45, 2.75) is 38.0 Å². The number of nitrogens with zero attached hydrogens (tertiary/aromatic N) is 1. The smallest absolute Gasteiger partial charge is 0.323 e. The van der Waals surface area contributed by atoms with Gasteiger partial charge >= 0.3 is 5.97 Å². The van der Waals surface area contributed by atoms with E-state index < -0.39 is 0 Å². The number of hydrogen-bond acceptors (Lipinski definition) is 5. The largest absolute Gasteiger partial charge is 0.460 e. The van der Waals surface area contributed by atoms with Gasteiger partial charge in [0.25, 0.3) is 0 Å². The Morgan fingerprint density at radius 2 is 2.23 bits per heavy atom. The minimum Gasteiger partial charge on any atom is -0.460 e. The first-order valence-electron chi connectivity index (χ1n) is 7.60. The van der Waals surface area contributed by atoms with Crippen LogP contribution in [0.4, 0.5) is 0 Å². The van der Waals surface area contributed by atoms with E-state index in [0.717, 1.165) is 24.8 Å². The van der Waals surface area contributed by atoms with Crippen molar-refractivity contribution in [3.63, 3.8) is 0 Å². The number of fused-ring (bicyclic) bond motifs is 1. The number of aromatic nitrogens is 1. The molecule has 4 nitrogen and oxygen atoms in total. The molecule has 3 atom stereocenters. The predicted molar refractivity (Wildman–Crippen MR) is 84.4 cm³/mol. The Hall–Kier alpha value is -1.72. The molecule has 2 heterocycles. The van der Waals surface area contributed by atoms with Gasteiger partial charge in [0.15, 0.2) is 0 Å². The van der Waals surface area contributed by atoms with E-state index in [2.05, 4.69) is 10.3 Å². The number of ether oxygens (including phenoxy) is 1. The number of benzene rings is 1. The average Bonchev–Trinajstić information content (AvgIpc) is 2.92. The quantitative estimate of drug-likeness (QED) is 0.862. The van der Waals surface area contributed by atoms with Crippen LogP contribution in [0.5, 0.6) is 0 Å². The van der Waals surface area contributed by atoms with E-state index >= 15 is 0 Å². The summed E-state index contributed by atoms with van der Waals surface area (Å²) in [5.41, 5.74) is 1.25. The van der Waals surface area contributed by atoms with E-state index in [1.54, 1.807) is 11.3 Å². The highest BCUT2D eigenvalue weighted by molar-refractivity contribution is 7.09. The van der Waals surface area contributed by atoms with Crippen LogP contribution in [0.3, 0.4) is 0 Å². The molecule has 5 heteroatoms. The molecule has 0 unspecified atom stereocenters. The highest BCUT2D eigenvalue weighted by Gasteiger charge is 2.61. The van der Waals surface area contributed by atoms with E-state index in [0.29, 0.717) is 12.6 Å². The van der Waals surface area contributed by atoms with Gasteiger partial charge in [-0.1, -0.05) is 30.3 Å². The molecular weight excluding hydrogens is 296 g/mol. The van der Waals surface area contributed by atoms with E-state index in [1.807, 2.05) is 41.9 Å². The summed E-state index contributed by atoms with van der Waals surface area (Å²) in [6.45, 7) is 0.349. The maximum Gasteiger partial charge on any atom is 0.323 e. The molecule has 0 radical (unpaired) electrons. The molecule has 2 aliphatic rings. The van der Waals surface area contributed by atoms with E-state index in [-0.39, 0.29) is 17.4 Å². The molecule has 1 aliphatic heterocycles. The maximum absolute atomic E-state index is 12.2. The Labute approximate surface area is 133 Å². The van der Waals surface area contributed by atoms with Crippen LogP contribution in [-0.2, 0) is 22.6 Å². The number of esters is 1. The molecular formula is C17H18N2O2S. The molecule has 4 rings (SSSR count). The summed E-state index contributed by atoms with van der Waals surface area (Å²) >= 11 is 1.70. The highest BCUT2D eigenvalue weighted by Crippen LogP contribution is 2.56. The van der Waals surface area contributed by atoms with Gasteiger partial charge in [-0.3, -0.25) is 4.79 Å². The molecule has 0 amide bonds. The number of piperidine rings is 1. The average molecular weight is 314 g/mol. The summed E-state index contributed by atoms with van der Waals surface area (Å²) in [5.74, 6) is -0.130. The molecule has 1 N–H and O–H groups in total. The SMILES string of the molecule is O=C(OCc1ccccc1)[C@@H]1C[C@]2(Cc3nccs3)C[C@@H]2N1. The first kappa shape index (κ1) is 13.9. The third-order valence-corrected chi connectivity index (χ3v) is 5.48. The van der Waals surface area contributed by atoms with Crippen molar-refractivity contribution in [1.82, 2.24) is 10.3 Å². The Morgan fingerprint density at radius 1 is 1.36 bits per heavy atom. The van der Waals surface area contributed by atoms with Crippen molar-refractivity contribution < 1.29 is 9.53 Å². The summed E-state index contributed by atoms with van der Waals surface area (Å²) in [6, 6.07) is 10.1. The van der Waals surface area contributed by atoms with Gasteiger partial charge in [-0.25, -0.2) is 4.98 Å². The first-order chi connectivity index (χ1) is 10.8. The summed E-state index contributed by atoms with van der Waals surface area (Å²) in [4.78, 5) is 16.6. The normalized spacial score (nSPS) is 29.1. The molecule has 2 aromatic rings. The number of carbonyl (C=O) groups is 1. The first-order valence-corrected chi connectivity index (χ1v) is 8.48. The molecule has 0 bridgehead atoms. The lowest BCUT2D eigenvalue weighted by molar-refractivity contribution is -0.147. The third-order valence-electron chi connectivity index (χ3n) is 4.70. The molecule has 2 fully saturated rings. The van der Waals surface area contributed by atoms with E-state index in [1.165, 1.54) is 5.01 Å². The lowest BCUT2D eigenvalue weighted by Gasteiger charge is -2.15. The summed E-state index contributed by atoms with van der Waals surface area (Å²) in [6.07, 6.45) is 4.84. The summed E-state index contributed by atoms with van der Waals surface area (Å²) < 4.78 is 5.45. The van der Waals surface area contributed by atoms with Gasteiger partial charge in [-0.2, -0.15) is 0 Å². The number of rotatable bonds is 5. The van der Waals surface area contributed by atoms with Crippen LogP contribution in [-0.4, -0.2) is 23.0 Å². The van der Waals surface area contributed by atoms with E-state index in [4.69, 9.17) is 4.74 Å². The highest BCUT2D eigenvalue weighted by atomic mass is 32.1. The van der Waals surface area contributed by atoms with E-state index in [9.17, 15) is 4.79 Å². The zero-order valence-corrected chi connectivity index (χ0v) is 13.0. The van der Waals surface area contributed by atoms with Crippen molar-refractivity contribution in [1.29, 1.82) is 0 Å². The van der Waals surface area contributed by atoms with Crippen LogP contribution in [0, 0.1) is 5.41 Å². The lowest BCUT2D eigenvalue weighted by atomic mass is 9.96. The van der Waals surface area contributed by atoms with Crippen molar-refractivity contribution in [2.24, 2.45) is 5.41 Å². The molecule has 22 heavy (non-hydrogen) atoms. The summed E-state index contributed by atoms with van der Waals surface area (Å²) in [7, 11) is 0. The van der Waals surface area contributed by atoms with Gasteiger partial charge in [0.05, 0.1) is 5.01 Å². The zero-order chi connectivity index (χ0) is 15.0. The fourth-order valence-corrected chi connectivity index (χ4v) is 4.18. The zero-order valence-electron chi connectivity index (χ0n) is 12.2. The van der Waals surface area contributed by atoms with Gasteiger partial charge in [-0.15, -0.1) is 11.3 Å². The predicted octanol–water partition coefficient (Wildman–Crippen LogP) is 2.55. The van der Waals surface area contributed by atoms with Gasteiger partial charge < -0.3 is 10.1 Å². The number of thiazole rings is 1. The van der Waals surface area contributed by atoms with Crippen molar-refractivity contribution in [2.75, 3.05) is 0 Å². The summed E-state index contributed by atoms with van der Waals surface area (Å²) in [5, 5.41) is 6.60. The number of nitrogens with one attached hydrogen (secondary N) is 1. The fourth-order valence-electron chi connectivity index (χ4n) is 3.41. The van der Waals surface area contributed by atoms with Gasteiger partial charge in [-0.05, 0) is 23.8 Å². The Kier molecular flexibility index (Phi) is 3.47. The van der Waals surface area contributed by atoms with Crippen LogP contribution in [0.15, 0.2) is 41.9 Å². The van der Waals surface area contributed by atoms with Crippen molar-refractivity contribution in [3.05, 3.63) is 52.5 Å². The minimum atomic E-state index is -0.164. The fraction of sp³-hybridized carbons (Fsp3) is 0.412. The van der Waals surface area contributed by atoms with Crippen molar-refractivity contribution >= 4 is 17.3 Å². The minimum absolute atomic E-state index is 0.130. The maximum atomic E-state index is 12.2. The van der Waals surface area contributed by atoms with Crippen LogP contribution in [0.1, 0.15) is 23.4 Å². The molecule has 1 saturated carbocycles. The molecule has 1 aliphatic carbocycles. The molecule has 0 spiro atoms. The molecule has 114 valence electrons. The standard InChI is InChI=1S/C17H18N2O2S/c20-16(21-11-12-4-2-1-3-5-12)13-8-17(9-14(17)19-13)10-15-18-6-7-22-15/h1-7,13-14,19H,8-11H2/t13-,14-,17+/m0/s1. The second-order valence-corrected chi connectivity index (χ2v) is 7.22. The second-order valence-electron chi connectivity index (χ2n) is 6.24. The van der Waals surface area contributed by atoms with Crippen LogP contribution in [0.2, 0.25) is 0 Å². The number of carbonyl (C=O) groups excluding carboxylic acids is 1. The Morgan fingerprint density at radius 3 is 3.00 bits per heavy atom. The van der Waals surface area contributed by atoms with Gasteiger partial charge in [0.1, 0.15) is 12.6 Å². The Bertz CT molecular complexity index is 659. The van der Waals surface area contributed by atoms with Crippen LogP contribution >= 0.6 is 11.3 Å². The third kappa shape index (κ3) is 2.66. The van der Waals surface area contributed by atoms with Crippen molar-refractivity contribution in [3.8, 4) is 0 Å². The molecule has 1 aromatic heterocycles. The lowest BCUT2D eigenvalue weighted by Crippen LogP contribution is -2.35. The molecule has 1 saturated heterocycles. The Balaban J connectivity index is 1.32. The monoisotopic (exact) mass is 314 g/mol. The molecule has 1 aromatic carbocycles. The van der Waals surface area contributed by atoms with Gasteiger partial charge in [0.2, 0.25) is 0 Å².